The van der Waals surface area contributed by atoms with Crippen LogP contribution in [0.1, 0.15) is 49.8 Å². The van der Waals surface area contributed by atoms with E-state index in [4.69, 9.17) is 19.3 Å². The zero-order valence-electron chi connectivity index (χ0n) is 25.0. The number of methoxy groups -OCH3 is 1. The lowest BCUT2D eigenvalue weighted by Gasteiger charge is -2.34. The lowest BCUT2D eigenvalue weighted by molar-refractivity contribution is -0.141. The normalized spacial score (nSPS) is 18.3. The van der Waals surface area contributed by atoms with Gasteiger partial charge < -0.3 is 19.1 Å². The fourth-order valence-corrected chi connectivity index (χ4v) is 5.73. The number of nitriles is 2. The number of rotatable bonds is 9. The molecule has 44 heavy (non-hydrogen) atoms. The highest BCUT2D eigenvalue weighted by Gasteiger charge is 2.37. The zero-order valence-corrected chi connectivity index (χ0v) is 25.0. The number of hydrogen-bond acceptors (Lipinski definition) is 9. The topological polar surface area (TPSA) is 111 Å². The van der Waals surface area contributed by atoms with Crippen LogP contribution in [0, 0.1) is 34.4 Å². The van der Waals surface area contributed by atoms with Gasteiger partial charge in [-0.1, -0.05) is 13.0 Å². The lowest BCUT2D eigenvalue weighted by Crippen LogP contribution is -2.38. The van der Waals surface area contributed by atoms with E-state index < -0.39 is 0 Å². The molecule has 0 aliphatic carbocycles. The van der Waals surface area contributed by atoms with Crippen molar-refractivity contribution in [3.05, 3.63) is 83.2 Å². The Balaban J connectivity index is 1.29. The molecule has 0 saturated carbocycles. The van der Waals surface area contributed by atoms with Gasteiger partial charge in [-0.25, -0.2) is 4.39 Å². The van der Waals surface area contributed by atoms with Crippen LogP contribution in [0.5, 0.6) is 11.5 Å². The predicted octanol–water partition coefficient (Wildman–Crippen LogP) is 5.81. The van der Waals surface area contributed by atoms with Gasteiger partial charge >= 0.3 is 5.97 Å². The molecule has 0 radical (unpaired) electrons. The van der Waals surface area contributed by atoms with Crippen LogP contribution in [0.3, 0.4) is 0 Å². The second-order valence-electron chi connectivity index (χ2n) is 10.8. The summed E-state index contributed by atoms with van der Waals surface area (Å²) in [5, 5.41) is 25.5. The molecule has 1 saturated heterocycles. The van der Waals surface area contributed by atoms with E-state index in [1.807, 2.05) is 54.1 Å². The van der Waals surface area contributed by atoms with E-state index in [-0.39, 0.29) is 41.8 Å². The third-order valence-electron chi connectivity index (χ3n) is 8.11. The highest BCUT2D eigenvalue weighted by Crippen LogP contribution is 2.35. The van der Waals surface area contributed by atoms with Gasteiger partial charge in [-0.05, 0) is 61.0 Å². The van der Waals surface area contributed by atoms with Crippen molar-refractivity contribution in [1.82, 2.24) is 0 Å². The maximum atomic E-state index is 14.5. The summed E-state index contributed by atoms with van der Waals surface area (Å²) in [6.07, 6.45) is 1.60. The van der Waals surface area contributed by atoms with Crippen LogP contribution >= 0.6 is 0 Å². The van der Waals surface area contributed by atoms with Crippen molar-refractivity contribution in [2.24, 2.45) is 11.0 Å². The summed E-state index contributed by atoms with van der Waals surface area (Å²) >= 11 is 0. The Bertz CT molecular complexity index is 1620. The fraction of sp³-hybridized carbons (Fsp3) is 0.353. The van der Waals surface area contributed by atoms with Gasteiger partial charge in [-0.2, -0.15) is 15.6 Å². The number of benzene rings is 3. The molecule has 0 spiro atoms. The van der Waals surface area contributed by atoms with Crippen molar-refractivity contribution in [3.63, 3.8) is 0 Å². The molecule has 2 aliphatic heterocycles. The quantitative estimate of drug-likeness (QED) is 0.285. The van der Waals surface area contributed by atoms with Gasteiger partial charge in [-0.3, -0.25) is 9.80 Å². The van der Waals surface area contributed by atoms with Crippen molar-refractivity contribution in [3.8, 4) is 23.6 Å². The first-order chi connectivity index (χ1) is 21.3. The number of carbonyl (C=O) groups excluding carboxylic acids is 1. The van der Waals surface area contributed by atoms with Crippen molar-refractivity contribution in [2.45, 2.75) is 45.3 Å². The standard InChI is InChI=1S/C34H34FN5O4/c1-4-43-29-11-12-30(35)32(18-29)39-15-13-28(14-16-39)44-27-9-7-26(8-10-27)40-31(19-33(41)42-3)22(2)34(38-40)23-5-6-24(20-36)25(17-23)21-37/h5-12,17-18,22,28,31H,4,13-16,19H2,1-3H3. The van der Waals surface area contributed by atoms with Crippen LogP contribution in [0.4, 0.5) is 15.8 Å². The van der Waals surface area contributed by atoms with Crippen molar-refractivity contribution in [1.29, 1.82) is 10.5 Å². The highest BCUT2D eigenvalue weighted by molar-refractivity contribution is 6.05. The second-order valence-corrected chi connectivity index (χ2v) is 10.8. The number of hydrogen-bond donors (Lipinski definition) is 0. The summed E-state index contributed by atoms with van der Waals surface area (Å²) in [4.78, 5) is 14.4. The Morgan fingerprint density at radius 3 is 2.36 bits per heavy atom. The van der Waals surface area contributed by atoms with E-state index >= 15 is 0 Å². The average Bonchev–Trinajstić information content (AvgIpc) is 3.37. The lowest BCUT2D eigenvalue weighted by atomic mass is 9.89. The molecule has 1 fully saturated rings. The zero-order chi connectivity index (χ0) is 31.2. The minimum atomic E-state index is -0.350. The number of hydrazone groups is 1. The Morgan fingerprint density at radius 2 is 1.70 bits per heavy atom. The number of piperidine rings is 1. The molecule has 3 aromatic carbocycles. The van der Waals surface area contributed by atoms with E-state index in [0.29, 0.717) is 42.4 Å². The Morgan fingerprint density at radius 1 is 1.00 bits per heavy atom. The molecule has 3 aromatic rings. The first-order valence-corrected chi connectivity index (χ1v) is 14.7. The maximum Gasteiger partial charge on any atom is 0.307 e. The van der Waals surface area contributed by atoms with Crippen LogP contribution < -0.4 is 19.4 Å². The summed E-state index contributed by atoms with van der Waals surface area (Å²) in [6, 6.07) is 21.3. The predicted molar refractivity (Wildman–Crippen MR) is 164 cm³/mol. The molecule has 2 aliphatic rings. The first kappa shape index (κ1) is 30.4. The van der Waals surface area contributed by atoms with E-state index in [0.717, 1.165) is 29.8 Å². The molecule has 2 heterocycles. The number of ether oxygens (including phenoxy) is 3. The molecule has 226 valence electrons. The smallest absolute Gasteiger partial charge is 0.307 e. The molecular weight excluding hydrogens is 561 g/mol. The second kappa shape index (κ2) is 13.5. The number of anilines is 2. The minimum absolute atomic E-state index is 0.00977. The van der Waals surface area contributed by atoms with Gasteiger partial charge in [0.15, 0.2) is 0 Å². The molecular formula is C34H34FN5O4. The third-order valence-corrected chi connectivity index (χ3v) is 8.11. The summed E-state index contributed by atoms with van der Waals surface area (Å²) in [7, 11) is 1.36. The summed E-state index contributed by atoms with van der Waals surface area (Å²) < 4.78 is 31.3. The van der Waals surface area contributed by atoms with Crippen molar-refractivity contribution >= 4 is 23.1 Å². The van der Waals surface area contributed by atoms with Gasteiger partial charge in [0, 0.05) is 37.9 Å². The molecule has 10 heteroatoms. The largest absolute Gasteiger partial charge is 0.494 e. The number of halogens is 1. The first-order valence-electron chi connectivity index (χ1n) is 14.7. The van der Waals surface area contributed by atoms with Crippen LogP contribution in [0.15, 0.2) is 65.8 Å². The van der Waals surface area contributed by atoms with Gasteiger partial charge in [-0.15, -0.1) is 0 Å². The van der Waals surface area contributed by atoms with Gasteiger partial charge in [0.05, 0.1) is 54.4 Å². The van der Waals surface area contributed by atoms with E-state index in [2.05, 4.69) is 6.07 Å². The molecule has 5 rings (SSSR count). The molecule has 9 nitrogen and oxygen atoms in total. The molecule has 0 N–H and O–H groups in total. The van der Waals surface area contributed by atoms with Gasteiger partial charge in [0.2, 0.25) is 0 Å². The Kier molecular flexibility index (Phi) is 9.30. The minimum Gasteiger partial charge on any atom is -0.494 e. The van der Waals surface area contributed by atoms with Gasteiger partial charge in [0.25, 0.3) is 0 Å². The SMILES string of the molecule is CCOc1ccc(F)c(N2CCC(Oc3ccc(N4N=C(c5ccc(C#N)c(C#N)c5)C(C)C4CC(=O)OC)cc3)CC2)c1. The van der Waals surface area contributed by atoms with E-state index in [1.165, 1.54) is 13.2 Å². The Hall–Kier alpha value is -5.09. The Labute approximate surface area is 256 Å². The van der Waals surface area contributed by atoms with Gasteiger partial charge in [0.1, 0.15) is 35.6 Å². The van der Waals surface area contributed by atoms with Crippen LogP contribution in [0.2, 0.25) is 0 Å². The van der Waals surface area contributed by atoms with Crippen LogP contribution in [0.25, 0.3) is 0 Å². The van der Waals surface area contributed by atoms with E-state index in [9.17, 15) is 19.7 Å². The van der Waals surface area contributed by atoms with Crippen molar-refractivity contribution in [2.75, 3.05) is 36.7 Å². The summed E-state index contributed by atoms with van der Waals surface area (Å²) in [5.41, 5.74) is 3.34. The summed E-state index contributed by atoms with van der Waals surface area (Å²) in [5.74, 6) is 0.596. The van der Waals surface area contributed by atoms with E-state index in [1.54, 1.807) is 30.3 Å². The number of esters is 1. The maximum absolute atomic E-state index is 14.5. The number of carbonyl (C=O) groups is 1. The van der Waals surface area contributed by atoms with Crippen LogP contribution in [-0.2, 0) is 9.53 Å². The molecule has 2 unspecified atom stereocenters. The highest BCUT2D eigenvalue weighted by atomic mass is 19.1. The molecule has 0 aromatic heterocycles. The third kappa shape index (κ3) is 6.45. The fourth-order valence-electron chi connectivity index (χ4n) is 5.73. The summed E-state index contributed by atoms with van der Waals surface area (Å²) in [6.45, 7) is 5.74. The molecule has 0 amide bonds. The van der Waals surface area contributed by atoms with Crippen molar-refractivity contribution < 1.29 is 23.4 Å². The molecule has 0 bridgehead atoms. The average molecular weight is 596 g/mol. The monoisotopic (exact) mass is 595 g/mol. The molecule has 2 atom stereocenters. The number of nitrogens with zero attached hydrogens (tertiary/aromatic N) is 5. The van der Waals surface area contributed by atoms with Crippen LogP contribution in [-0.4, -0.2) is 50.6 Å².